The van der Waals surface area contributed by atoms with E-state index in [0.717, 1.165) is 34.8 Å². The first-order chi connectivity index (χ1) is 8.19. The van der Waals surface area contributed by atoms with Gasteiger partial charge in [-0.15, -0.1) is 0 Å². The maximum absolute atomic E-state index is 4.25. The second kappa shape index (κ2) is 7.76. The summed E-state index contributed by atoms with van der Waals surface area (Å²) in [6, 6.07) is 0.406. The minimum atomic E-state index is 0.406. The Kier molecular flexibility index (Phi) is 6.65. The van der Waals surface area contributed by atoms with Gasteiger partial charge in [0.2, 0.25) is 0 Å². The summed E-state index contributed by atoms with van der Waals surface area (Å²) < 4.78 is 0.901. The Morgan fingerprint density at radius 3 is 2.76 bits per heavy atom. The van der Waals surface area contributed by atoms with Crippen LogP contribution in [0.1, 0.15) is 20.3 Å². The van der Waals surface area contributed by atoms with Gasteiger partial charge in [0, 0.05) is 12.6 Å². The third kappa shape index (κ3) is 4.71. The van der Waals surface area contributed by atoms with Crippen LogP contribution in [-0.2, 0) is 0 Å². The van der Waals surface area contributed by atoms with Gasteiger partial charge in [0.15, 0.2) is 0 Å². The van der Waals surface area contributed by atoms with Gasteiger partial charge in [0.1, 0.15) is 22.4 Å². The van der Waals surface area contributed by atoms with Crippen LogP contribution in [0.3, 0.4) is 0 Å². The summed E-state index contributed by atoms with van der Waals surface area (Å²) in [6.07, 6.45) is 4.82. The first kappa shape index (κ1) is 14.6. The smallest absolute Gasteiger partial charge is 0.146 e. The lowest BCUT2D eigenvalue weighted by molar-refractivity contribution is 0.765. The lowest BCUT2D eigenvalue weighted by Crippen LogP contribution is -2.17. The van der Waals surface area contributed by atoms with Crippen molar-refractivity contribution in [3.8, 4) is 0 Å². The normalized spacial score (nSPS) is 12.2. The Balaban J connectivity index is 2.67. The highest BCUT2D eigenvalue weighted by molar-refractivity contribution is 9.10. The first-order valence-corrected chi connectivity index (χ1v) is 7.87. The minimum absolute atomic E-state index is 0.406. The average Bonchev–Trinajstić information content (AvgIpc) is 2.32. The molecule has 0 saturated heterocycles. The van der Waals surface area contributed by atoms with Crippen LogP contribution in [0.15, 0.2) is 10.8 Å². The van der Waals surface area contributed by atoms with Gasteiger partial charge in [-0.3, -0.25) is 0 Å². The molecule has 0 aliphatic rings. The van der Waals surface area contributed by atoms with Crippen LogP contribution in [0.25, 0.3) is 0 Å². The Bertz CT molecular complexity index is 348. The zero-order chi connectivity index (χ0) is 12.7. The zero-order valence-corrected chi connectivity index (χ0v) is 12.9. The van der Waals surface area contributed by atoms with Crippen LogP contribution in [-0.4, -0.2) is 34.6 Å². The molecule has 96 valence electrons. The maximum Gasteiger partial charge on any atom is 0.146 e. The number of anilines is 2. The van der Waals surface area contributed by atoms with Crippen LogP contribution in [0, 0.1) is 0 Å². The molecular weight excluding hydrogens is 300 g/mol. The van der Waals surface area contributed by atoms with Crippen LogP contribution in [0.2, 0.25) is 0 Å². The van der Waals surface area contributed by atoms with Gasteiger partial charge >= 0.3 is 0 Å². The summed E-state index contributed by atoms with van der Waals surface area (Å²) in [4.78, 5) is 8.44. The number of hydrogen-bond donors (Lipinski definition) is 2. The molecule has 2 N–H and O–H groups in total. The van der Waals surface area contributed by atoms with Gasteiger partial charge in [-0.1, -0.05) is 0 Å². The lowest BCUT2D eigenvalue weighted by atomic mass is 10.2. The standard InChI is InChI=1S/C11H19BrN4S/c1-4-13-10-9(12)11(15-7-14-10)16-8(2)5-6-17-3/h7-8H,4-6H2,1-3H3,(H2,13,14,15,16). The molecule has 0 saturated carbocycles. The summed E-state index contributed by atoms with van der Waals surface area (Å²) in [5.41, 5.74) is 0. The van der Waals surface area contributed by atoms with Gasteiger partial charge in [0.25, 0.3) is 0 Å². The van der Waals surface area contributed by atoms with E-state index in [4.69, 9.17) is 0 Å². The predicted octanol–water partition coefficient (Wildman–Crippen LogP) is 3.22. The molecule has 1 aromatic heterocycles. The number of hydrogen-bond acceptors (Lipinski definition) is 5. The van der Waals surface area contributed by atoms with Crippen molar-refractivity contribution in [3.05, 3.63) is 10.8 Å². The Hall–Kier alpha value is -0.490. The van der Waals surface area contributed by atoms with Crippen molar-refractivity contribution in [1.82, 2.24) is 9.97 Å². The molecule has 1 heterocycles. The SMILES string of the molecule is CCNc1ncnc(NC(C)CCSC)c1Br. The summed E-state index contributed by atoms with van der Waals surface area (Å²) in [7, 11) is 0. The van der Waals surface area contributed by atoms with E-state index in [1.807, 2.05) is 18.7 Å². The summed E-state index contributed by atoms with van der Waals surface area (Å²) in [5, 5.41) is 6.58. The first-order valence-electron chi connectivity index (χ1n) is 5.68. The molecule has 0 amide bonds. The van der Waals surface area contributed by atoms with Crippen LogP contribution in [0.4, 0.5) is 11.6 Å². The van der Waals surface area contributed by atoms with Gasteiger partial charge in [-0.25, -0.2) is 9.97 Å². The molecule has 17 heavy (non-hydrogen) atoms. The predicted molar refractivity (Wildman–Crippen MR) is 80.0 cm³/mol. The number of thioether (sulfide) groups is 1. The molecule has 0 fully saturated rings. The Morgan fingerprint density at radius 2 is 2.12 bits per heavy atom. The topological polar surface area (TPSA) is 49.8 Å². The van der Waals surface area contributed by atoms with E-state index in [1.165, 1.54) is 0 Å². The van der Waals surface area contributed by atoms with Crippen molar-refractivity contribution in [3.63, 3.8) is 0 Å². The molecule has 0 aromatic carbocycles. The second-order valence-corrected chi connectivity index (χ2v) is 5.52. The summed E-state index contributed by atoms with van der Waals surface area (Å²) in [6.45, 7) is 5.05. The quantitative estimate of drug-likeness (QED) is 0.808. The van der Waals surface area contributed by atoms with Crippen molar-refractivity contribution in [2.24, 2.45) is 0 Å². The molecule has 1 rings (SSSR count). The number of aromatic nitrogens is 2. The van der Waals surface area contributed by atoms with E-state index in [2.05, 4.69) is 49.7 Å². The van der Waals surface area contributed by atoms with Crippen molar-refractivity contribution in [2.75, 3.05) is 29.2 Å². The number of rotatable bonds is 7. The third-order valence-electron chi connectivity index (χ3n) is 2.27. The second-order valence-electron chi connectivity index (χ2n) is 3.74. The minimum Gasteiger partial charge on any atom is -0.369 e. The van der Waals surface area contributed by atoms with E-state index in [1.54, 1.807) is 6.33 Å². The highest BCUT2D eigenvalue weighted by atomic mass is 79.9. The average molecular weight is 319 g/mol. The van der Waals surface area contributed by atoms with Crippen molar-refractivity contribution < 1.29 is 0 Å². The molecule has 0 spiro atoms. The van der Waals surface area contributed by atoms with Crippen molar-refractivity contribution in [1.29, 1.82) is 0 Å². The molecule has 0 aliphatic carbocycles. The molecule has 0 radical (unpaired) electrons. The van der Waals surface area contributed by atoms with Gasteiger partial charge in [0.05, 0.1) is 0 Å². The highest BCUT2D eigenvalue weighted by Gasteiger charge is 2.10. The summed E-state index contributed by atoms with van der Waals surface area (Å²) >= 11 is 5.38. The monoisotopic (exact) mass is 318 g/mol. The third-order valence-corrected chi connectivity index (χ3v) is 3.67. The molecule has 6 heteroatoms. The lowest BCUT2D eigenvalue weighted by Gasteiger charge is -2.16. The van der Waals surface area contributed by atoms with Crippen molar-refractivity contribution >= 4 is 39.3 Å². The molecule has 0 bridgehead atoms. The number of nitrogens with zero attached hydrogens (tertiary/aromatic N) is 2. The fourth-order valence-corrected chi connectivity index (χ4v) is 2.41. The fourth-order valence-electron chi connectivity index (χ4n) is 1.36. The van der Waals surface area contributed by atoms with Crippen LogP contribution >= 0.6 is 27.7 Å². The van der Waals surface area contributed by atoms with E-state index < -0.39 is 0 Å². The van der Waals surface area contributed by atoms with Crippen LogP contribution in [0.5, 0.6) is 0 Å². The van der Waals surface area contributed by atoms with E-state index >= 15 is 0 Å². The van der Waals surface area contributed by atoms with Gasteiger partial charge in [-0.05, 0) is 48.2 Å². The van der Waals surface area contributed by atoms with Gasteiger partial charge in [-0.2, -0.15) is 11.8 Å². The zero-order valence-electron chi connectivity index (χ0n) is 10.5. The molecule has 1 atom stereocenters. The number of halogens is 1. The molecule has 1 aromatic rings. The van der Waals surface area contributed by atoms with E-state index in [-0.39, 0.29) is 0 Å². The van der Waals surface area contributed by atoms with E-state index in [9.17, 15) is 0 Å². The Morgan fingerprint density at radius 1 is 1.41 bits per heavy atom. The largest absolute Gasteiger partial charge is 0.369 e. The van der Waals surface area contributed by atoms with Crippen LogP contribution < -0.4 is 10.6 Å². The Labute approximate surface area is 116 Å². The fraction of sp³-hybridized carbons (Fsp3) is 0.636. The molecular formula is C11H19BrN4S. The van der Waals surface area contributed by atoms with E-state index in [0.29, 0.717) is 6.04 Å². The molecule has 1 unspecified atom stereocenters. The highest BCUT2D eigenvalue weighted by Crippen LogP contribution is 2.27. The van der Waals surface area contributed by atoms with Gasteiger partial charge < -0.3 is 10.6 Å². The number of nitrogens with one attached hydrogen (secondary N) is 2. The summed E-state index contributed by atoms with van der Waals surface area (Å²) in [5.74, 6) is 2.84. The maximum atomic E-state index is 4.25. The van der Waals surface area contributed by atoms with Crippen molar-refractivity contribution in [2.45, 2.75) is 26.3 Å². The molecule has 4 nitrogen and oxygen atoms in total. The molecule has 0 aliphatic heterocycles.